The van der Waals surface area contributed by atoms with Crippen LogP contribution in [0.1, 0.15) is 54.3 Å². The second kappa shape index (κ2) is 8.12. The number of carbonyl (C=O) groups is 1. The van der Waals surface area contributed by atoms with Gasteiger partial charge in [-0.05, 0) is 42.0 Å². The lowest BCUT2D eigenvalue weighted by Crippen LogP contribution is -2.64. The summed E-state index contributed by atoms with van der Waals surface area (Å²) in [6.07, 6.45) is 2.07. The Morgan fingerprint density at radius 2 is 1.89 bits per heavy atom. The number of halogens is 2. The smallest absolute Gasteiger partial charge is 0.278 e. The lowest BCUT2D eigenvalue weighted by molar-refractivity contribution is 0.0381. The van der Waals surface area contributed by atoms with Gasteiger partial charge in [-0.15, -0.1) is 11.8 Å². The Morgan fingerprint density at radius 3 is 2.71 bits per heavy atom. The zero-order chi connectivity index (χ0) is 25.4. The average Bonchev–Trinajstić information content (AvgIpc) is 2.99. The predicted octanol–water partition coefficient (Wildman–Crippen LogP) is 4.38. The molecule has 3 aromatic rings. The Morgan fingerprint density at radius 1 is 1.09 bits per heavy atom. The largest absolute Gasteiger partial charge is 0.502 e. The van der Waals surface area contributed by atoms with Gasteiger partial charge in [0.15, 0.2) is 23.1 Å². The lowest BCUT2D eigenvalue weighted by Gasteiger charge is -2.52. The van der Waals surface area contributed by atoms with Crippen LogP contribution < -0.4 is 10.4 Å². The number of rotatable bonds is 1. The molecule has 2 aromatic carbocycles. The molecule has 4 heterocycles. The zero-order valence-corrected chi connectivity index (χ0v) is 19.7. The summed E-state index contributed by atoms with van der Waals surface area (Å²) in [5.41, 5.74) is -0.0845. The summed E-state index contributed by atoms with van der Waals surface area (Å²) in [4.78, 5) is 28.2. The van der Waals surface area contributed by atoms with E-state index in [0.717, 1.165) is 23.4 Å². The molecule has 1 N–H and O–H groups in total. The van der Waals surface area contributed by atoms with Gasteiger partial charge in [-0.3, -0.25) is 19.3 Å². The Labute approximate surface area is 206 Å². The molecule has 0 saturated carbocycles. The molecular weight excluding hydrogens is 472 g/mol. The molecule has 0 radical (unpaired) electrons. The van der Waals surface area contributed by atoms with E-state index in [0.29, 0.717) is 18.5 Å². The van der Waals surface area contributed by atoms with Gasteiger partial charge in [0.2, 0.25) is 5.43 Å². The fraction of sp³-hybridized carbons (Fsp3) is 0.308. The summed E-state index contributed by atoms with van der Waals surface area (Å²) in [6.45, 7) is 2.39. The number of benzene rings is 2. The third kappa shape index (κ3) is 3.28. The second-order valence-electron chi connectivity index (χ2n) is 9.21. The van der Waals surface area contributed by atoms with Crippen LogP contribution in [0.2, 0.25) is 0 Å². The molecule has 0 spiro atoms. The van der Waals surface area contributed by atoms with E-state index in [-0.39, 0.29) is 28.5 Å². The van der Waals surface area contributed by atoms with Crippen molar-refractivity contribution in [2.45, 2.75) is 42.6 Å². The molecular formula is C26H23F2N3O3S. The molecule has 35 heavy (non-hydrogen) atoms. The predicted molar refractivity (Wildman–Crippen MR) is 128 cm³/mol. The van der Waals surface area contributed by atoms with Gasteiger partial charge in [0.25, 0.3) is 5.91 Å². The van der Waals surface area contributed by atoms with E-state index < -0.39 is 40.9 Å². The van der Waals surface area contributed by atoms with Gasteiger partial charge < -0.3 is 10.0 Å². The average molecular weight is 497 g/mol. The van der Waals surface area contributed by atoms with Crippen molar-refractivity contribution in [2.75, 3.05) is 11.6 Å². The van der Waals surface area contributed by atoms with E-state index in [1.54, 1.807) is 22.0 Å². The summed E-state index contributed by atoms with van der Waals surface area (Å²) in [5, 5.41) is 12.3. The van der Waals surface area contributed by atoms with Crippen molar-refractivity contribution in [1.29, 1.82) is 0 Å². The Hall–Kier alpha value is -3.33. The number of piperidine rings is 1. The van der Waals surface area contributed by atoms with E-state index >= 15 is 4.39 Å². The first-order valence-corrected chi connectivity index (χ1v) is 12.5. The highest BCUT2D eigenvalue weighted by atomic mass is 32.2. The van der Waals surface area contributed by atoms with Crippen molar-refractivity contribution in [3.8, 4) is 5.75 Å². The molecule has 180 valence electrons. The summed E-state index contributed by atoms with van der Waals surface area (Å²) in [7, 11) is 0. The van der Waals surface area contributed by atoms with Crippen LogP contribution in [0, 0.1) is 17.6 Å². The summed E-state index contributed by atoms with van der Waals surface area (Å²) < 4.78 is 41.0. The molecule has 6 rings (SSSR count). The number of aromatic nitrogens is 1. The van der Waals surface area contributed by atoms with Crippen LogP contribution in [-0.4, -0.2) is 33.3 Å². The zero-order valence-electron chi connectivity index (χ0n) is 19.9. The molecule has 9 heteroatoms. The lowest BCUT2D eigenvalue weighted by atomic mass is 9.90. The van der Waals surface area contributed by atoms with E-state index in [2.05, 4.69) is 0 Å². The minimum Gasteiger partial charge on any atom is -0.502 e. The number of fused-ring (bicyclic) bond motifs is 4. The van der Waals surface area contributed by atoms with Crippen LogP contribution in [0.25, 0.3) is 0 Å². The van der Waals surface area contributed by atoms with Crippen LogP contribution in [0.4, 0.5) is 8.78 Å². The Balaban J connectivity index is 1.72. The maximum absolute atomic E-state index is 15.2. The Kier molecular flexibility index (Phi) is 4.87. The molecule has 0 unspecified atom stereocenters. The molecule has 3 aliphatic rings. The second-order valence-corrected chi connectivity index (χ2v) is 10.2. The molecule has 1 amide bonds. The minimum absolute atomic E-state index is 0.0747. The summed E-state index contributed by atoms with van der Waals surface area (Å²) in [6, 6.07) is 9.01. The monoisotopic (exact) mass is 496 g/mol. The van der Waals surface area contributed by atoms with Gasteiger partial charge in [0.05, 0.1) is 7.39 Å². The van der Waals surface area contributed by atoms with Crippen LogP contribution in [-0.2, 0) is 5.75 Å². The SMILES string of the molecule is [2H][C@]1(N2[C@@H]3CC[C@@H](C)CN3C(=O)c3c(O)c(=O)ccn32)c2ccccc2SCc2c1ccc(F)c2F. The van der Waals surface area contributed by atoms with Crippen LogP contribution in [0.5, 0.6) is 5.75 Å². The molecule has 0 bridgehead atoms. The van der Waals surface area contributed by atoms with E-state index in [9.17, 15) is 20.5 Å². The highest BCUT2D eigenvalue weighted by Gasteiger charge is 2.46. The molecule has 1 saturated heterocycles. The number of hydrogen-bond donors (Lipinski definition) is 1. The van der Waals surface area contributed by atoms with Gasteiger partial charge in [-0.2, -0.15) is 0 Å². The fourth-order valence-corrected chi connectivity index (χ4v) is 6.41. The highest BCUT2D eigenvalue weighted by molar-refractivity contribution is 7.98. The summed E-state index contributed by atoms with van der Waals surface area (Å²) in [5.74, 6) is -2.90. The van der Waals surface area contributed by atoms with E-state index in [1.807, 2.05) is 19.1 Å². The first-order valence-electron chi connectivity index (χ1n) is 12.0. The number of thioether (sulfide) groups is 1. The van der Waals surface area contributed by atoms with Crippen LogP contribution >= 0.6 is 11.8 Å². The topological polar surface area (TPSA) is 65.8 Å². The van der Waals surface area contributed by atoms with Crippen LogP contribution in [0.3, 0.4) is 0 Å². The molecule has 1 aromatic heterocycles. The molecule has 3 atom stereocenters. The molecule has 3 aliphatic heterocycles. The maximum atomic E-state index is 15.2. The number of amides is 1. The van der Waals surface area contributed by atoms with Crippen molar-refractivity contribution >= 4 is 17.7 Å². The quantitative estimate of drug-likeness (QED) is 0.542. The standard InChI is InChI=1S/C26H23F2N3O3S/c1-14-6-9-21-29(12-14)26(34)24-25(33)19(32)10-11-30(24)31(21)23-15-7-8-18(27)22(28)17(15)13-35-20-5-3-2-4-16(20)23/h2-5,7-8,10-11,14,21,23,33H,6,9,12-13H2,1H3/t14-,21-,23-/m1/s1/i23D. The van der Waals surface area contributed by atoms with Crippen molar-refractivity contribution in [3.05, 3.63) is 92.9 Å². The first kappa shape index (κ1) is 21.0. The molecule has 6 nitrogen and oxygen atoms in total. The van der Waals surface area contributed by atoms with E-state index in [4.69, 9.17) is 0 Å². The maximum Gasteiger partial charge on any atom is 0.278 e. The van der Waals surface area contributed by atoms with Crippen molar-refractivity contribution < 1.29 is 20.1 Å². The Bertz CT molecular complexity index is 1480. The van der Waals surface area contributed by atoms with E-state index in [1.165, 1.54) is 28.7 Å². The number of pyridine rings is 1. The number of carbonyl (C=O) groups excluding carboxylic acids is 1. The number of aromatic hydroxyl groups is 1. The first-order chi connectivity index (χ1) is 17.2. The fourth-order valence-electron chi connectivity index (χ4n) is 5.33. The minimum atomic E-state index is -1.82. The van der Waals surface area contributed by atoms with Crippen molar-refractivity contribution in [1.82, 2.24) is 9.58 Å². The molecule has 0 aliphatic carbocycles. The molecule has 1 fully saturated rings. The van der Waals surface area contributed by atoms with Crippen LogP contribution in [0.15, 0.2) is 58.4 Å². The summed E-state index contributed by atoms with van der Waals surface area (Å²) >= 11 is 1.32. The number of nitrogens with zero attached hydrogens (tertiary/aromatic N) is 3. The van der Waals surface area contributed by atoms with Gasteiger partial charge in [0, 0.05) is 35.0 Å². The third-order valence-electron chi connectivity index (χ3n) is 7.01. The number of hydrogen-bond acceptors (Lipinski definition) is 5. The highest BCUT2D eigenvalue weighted by Crippen LogP contribution is 2.46. The normalized spacial score (nSPS) is 25.7. The van der Waals surface area contributed by atoms with Gasteiger partial charge >= 0.3 is 0 Å². The van der Waals surface area contributed by atoms with Gasteiger partial charge in [-0.1, -0.05) is 31.2 Å². The third-order valence-corrected chi connectivity index (χ3v) is 8.11. The van der Waals surface area contributed by atoms with Crippen molar-refractivity contribution in [3.63, 3.8) is 0 Å². The van der Waals surface area contributed by atoms with Gasteiger partial charge in [-0.25, -0.2) is 8.78 Å². The van der Waals surface area contributed by atoms with Gasteiger partial charge in [0.1, 0.15) is 6.17 Å². The van der Waals surface area contributed by atoms with Crippen molar-refractivity contribution in [2.24, 2.45) is 5.92 Å².